The SMILES string of the molecule is CCNCc1cc(Br)cnc1N1CCS(=O)(=O)CC1. The molecule has 1 aliphatic heterocycles. The van der Waals surface area contributed by atoms with E-state index in [0.717, 1.165) is 28.9 Å². The summed E-state index contributed by atoms with van der Waals surface area (Å²) in [6.45, 7) is 4.73. The second-order valence-electron chi connectivity index (χ2n) is 4.56. The first-order valence-electron chi connectivity index (χ1n) is 6.32. The molecule has 0 spiro atoms. The molecule has 0 unspecified atom stereocenters. The molecule has 0 aliphatic carbocycles. The molecule has 0 saturated carbocycles. The van der Waals surface area contributed by atoms with Gasteiger partial charge in [0, 0.05) is 35.9 Å². The van der Waals surface area contributed by atoms with Gasteiger partial charge in [-0.05, 0) is 28.5 Å². The molecule has 2 heterocycles. The van der Waals surface area contributed by atoms with Crippen molar-refractivity contribution >= 4 is 31.6 Å². The molecular formula is C12H18BrN3O2S. The summed E-state index contributed by atoms with van der Waals surface area (Å²) in [7, 11) is -2.86. The van der Waals surface area contributed by atoms with Crippen LogP contribution in [0.5, 0.6) is 0 Å². The number of pyridine rings is 1. The summed E-state index contributed by atoms with van der Waals surface area (Å²) < 4.78 is 23.9. The zero-order valence-electron chi connectivity index (χ0n) is 10.9. The number of anilines is 1. The zero-order valence-corrected chi connectivity index (χ0v) is 13.3. The maximum Gasteiger partial charge on any atom is 0.153 e. The maximum atomic E-state index is 11.5. The van der Waals surface area contributed by atoms with Gasteiger partial charge in [0.2, 0.25) is 0 Å². The van der Waals surface area contributed by atoms with E-state index in [4.69, 9.17) is 0 Å². The van der Waals surface area contributed by atoms with Crippen LogP contribution in [-0.4, -0.2) is 44.5 Å². The Labute approximate surface area is 122 Å². The van der Waals surface area contributed by atoms with E-state index in [-0.39, 0.29) is 11.5 Å². The fourth-order valence-corrected chi connectivity index (χ4v) is 3.65. The third-order valence-electron chi connectivity index (χ3n) is 3.12. The topological polar surface area (TPSA) is 62.3 Å². The lowest BCUT2D eigenvalue weighted by atomic mass is 10.2. The summed E-state index contributed by atoms with van der Waals surface area (Å²) in [5.41, 5.74) is 1.09. The summed E-state index contributed by atoms with van der Waals surface area (Å²) in [6, 6.07) is 2.04. The minimum atomic E-state index is -2.86. The summed E-state index contributed by atoms with van der Waals surface area (Å²) in [6.07, 6.45) is 1.76. The molecule has 2 rings (SSSR count). The molecule has 1 aliphatic rings. The number of halogens is 1. The summed E-state index contributed by atoms with van der Waals surface area (Å²) >= 11 is 3.43. The molecule has 1 aromatic rings. The van der Waals surface area contributed by atoms with Crippen LogP contribution in [0.4, 0.5) is 5.82 Å². The van der Waals surface area contributed by atoms with Crippen LogP contribution in [0.1, 0.15) is 12.5 Å². The van der Waals surface area contributed by atoms with E-state index >= 15 is 0 Å². The van der Waals surface area contributed by atoms with Crippen LogP contribution in [0, 0.1) is 0 Å². The fourth-order valence-electron chi connectivity index (χ4n) is 2.07. The Kier molecular flexibility index (Phi) is 4.81. The summed E-state index contributed by atoms with van der Waals surface area (Å²) in [5.74, 6) is 1.32. The smallest absolute Gasteiger partial charge is 0.153 e. The van der Waals surface area contributed by atoms with E-state index in [9.17, 15) is 8.42 Å². The highest BCUT2D eigenvalue weighted by molar-refractivity contribution is 9.10. The first kappa shape index (κ1) is 14.7. The number of nitrogens with one attached hydrogen (secondary N) is 1. The van der Waals surface area contributed by atoms with Crippen molar-refractivity contribution in [3.63, 3.8) is 0 Å². The molecule has 1 aromatic heterocycles. The highest BCUT2D eigenvalue weighted by Gasteiger charge is 2.23. The third-order valence-corrected chi connectivity index (χ3v) is 5.16. The Morgan fingerprint density at radius 3 is 2.74 bits per heavy atom. The molecule has 106 valence electrons. The lowest BCUT2D eigenvalue weighted by molar-refractivity contribution is 0.586. The zero-order chi connectivity index (χ0) is 13.9. The Bertz CT molecular complexity index is 534. The standard InChI is InChI=1S/C12H18BrN3O2S/c1-2-14-8-10-7-11(13)9-15-12(10)16-3-5-19(17,18)6-4-16/h7,9,14H,2-6,8H2,1H3. The van der Waals surface area contributed by atoms with Gasteiger partial charge in [-0.15, -0.1) is 0 Å². The van der Waals surface area contributed by atoms with Crippen molar-refractivity contribution in [1.82, 2.24) is 10.3 Å². The van der Waals surface area contributed by atoms with E-state index in [1.165, 1.54) is 0 Å². The van der Waals surface area contributed by atoms with Crippen LogP contribution in [-0.2, 0) is 16.4 Å². The van der Waals surface area contributed by atoms with Crippen LogP contribution < -0.4 is 10.2 Å². The lowest BCUT2D eigenvalue weighted by Gasteiger charge is -2.29. The minimum Gasteiger partial charge on any atom is -0.354 e. The quantitative estimate of drug-likeness (QED) is 0.886. The van der Waals surface area contributed by atoms with Crippen molar-refractivity contribution < 1.29 is 8.42 Å². The van der Waals surface area contributed by atoms with Gasteiger partial charge in [-0.25, -0.2) is 13.4 Å². The van der Waals surface area contributed by atoms with Gasteiger partial charge in [0.05, 0.1) is 11.5 Å². The van der Waals surface area contributed by atoms with Gasteiger partial charge in [-0.1, -0.05) is 6.92 Å². The Morgan fingerprint density at radius 2 is 2.11 bits per heavy atom. The van der Waals surface area contributed by atoms with Gasteiger partial charge in [0.25, 0.3) is 0 Å². The number of rotatable bonds is 4. The molecule has 1 saturated heterocycles. The number of hydrogen-bond donors (Lipinski definition) is 1. The van der Waals surface area contributed by atoms with Crippen LogP contribution in [0.15, 0.2) is 16.7 Å². The molecule has 0 bridgehead atoms. The Morgan fingerprint density at radius 1 is 1.42 bits per heavy atom. The van der Waals surface area contributed by atoms with Gasteiger partial charge in [0.15, 0.2) is 9.84 Å². The highest BCUT2D eigenvalue weighted by Crippen LogP contribution is 2.23. The molecule has 0 radical (unpaired) electrons. The molecule has 0 aromatic carbocycles. The predicted octanol–water partition coefficient (Wildman–Crippen LogP) is 1.19. The van der Waals surface area contributed by atoms with Crippen molar-refractivity contribution in [2.75, 3.05) is 36.0 Å². The first-order chi connectivity index (χ1) is 9.02. The van der Waals surface area contributed by atoms with Crippen LogP contribution in [0.2, 0.25) is 0 Å². The van der Waals surface area contributed by atoms with Gasteiger partial charge < -0.3 is 10.2 Å². The van der Waals surface area contributed by atoms with Crippen molar-refractivity contribution in [1.29, 1.82) is 0 Å². The van der Waals surface area contributed by atoms with Crippen LogP contribution in [0.25, 0.3) is 0 Å². The number of hydrogen-bond acceptors (Lipinski definition) is 5. The third kappa shape index (κ3) is 3.90. The lowest BCUT2D eigenvalue weighted by Crippen LogP contribution is -2.41. The Hall–Kier alpha value is -0.660. The van der Waals surface area contributed by atoms with Crippen molar-refractivity contribution in [2.45, 2.75) is 13.5 Å². The van der Waals surface area contributed by atoms with E-state index in [1.807, 2.05) is 6.07 Å². The second-order valence-corrected chi connectivity index (χ2v) is 7.77. The van der Waals surface area contributed by atoms with Gasteiger partial charge in [0.1, 0.15) is 5.82 Å². The van der Waals surface area contributed by atoms with Crippen molar-refractivity contribution in [3.8, 4) is 0 Å². The van der Waals surface area contributed by atoms with E-state index < -0.39 is 9.84 Å². The molecule has 0 amide bonds. The molecule has 1 fully saturated rings. The molecular weight excluding hydrogens is 330 g/mol. The highest BCUT2D eigenvalue weighted by atomic mass is 79.9. The molecule has 5 nitrogen and oxygen atoms in total. The van der Waals surface area contributed by atoms with Gasteiger partial charge in [-0.2, -0.15) is 0 Å². The van der Waals surface area contributed by atoms with Crippen molar-refractivity contribution in [2.24, 2.45) is 0 Å². The first-order valence-corrected chi connectivity index (χ1v) is 8.94. The average molecular weight is 348 g/mol. The average Bonchev–Trinajstić information content (AvgIpc) is 2.37. The molecule has 7 heteroatoms. The fraction of sp³-hybridized carbons (Fsp3) is 0.583. The number of sulfone groups is 1. The van der Waals surface area contributed by atoms with Gasteiger partial charge >= 0.3 is 0 Å². The molecule has 1 N–H and O–H groups in total. The van der Waals surface area contributed by atoms with Crippen LogP contribution >= 0.6 is 15.9 Å². The van der Waals surface area contributed by atoms with E-state index in [1.54, 1.807) is 6.20 Å². The van der Waals surface area contributed by atoms with Gasteiger partial charge in [-0.3, -0.25) is 0 Å². The second kappa shape index (κ2) is 6.19. The van der Waals surface area contributed by atoms with E-state index in [2.05, 4.69) is 38.1 Å². The van der Waals surface area contributed by atoms with Crippen molar-refractivity contribution in [3.05, 3.63) is 22.3 Å². The Balaban J connectivity index is 2.19. The number of nitrogens with zero attached hydrogens (tertiary/aromatic N) is 2. The maximum absolute atomic E-state index is 11.5. The summed E-state index contributed by atoms with van der Waals surface area (Å²) in [4.78, 5) is 6.50. The van der Waals surface area contributed by atoms with E-state index in [0.29, 0.717) is 13.1 Å². The minimum absolute atomic E-state index is 0.214. The number of aromatic nitrogens is 1. The molecule has 0 atom stereocenters. The summed E-state index contributed by atoms with van der Waals surface area (Å²) in [5, 5.41) is 3.28. The molecule has 19 heavy (non-hydrogen) atoms. The monoisotopic (exact) mass is 347 g/mol. The van der Waals surface area contributed by atoms with Crippen LogP contribution in [0.3, 0.4) is 0 Å². The largest absolute Gasteiger partial charge is 0.354 e. The normalized spacial score (nSPS) is 18.5. The predicted molar refractivity (Wildman–Crippen MR) is 80.2 cm³/mol.